The molecule has 0 unspecified atom stereocenters. The highest BCUT2D eigenvalue weighted by molar-refractivity contribution is 7.20. The van der Waals surface area contributed by atoms with E-state index in [1.807, 2.05) is 18.2 Å². The SMILES string of the molecule is Cc1cc(=O)n2nc(N(C)CC(=O)NCCCc3ccccc3)sc2n1. The fraction of sp³-hybridized carbons (Fsp3) is 0.333. The smallest absolute Gasteiger partial charge is 0.275 e. The maximum atomic E-state index is 12.1. The van der Waals surface area contributed by atoms with Crippen LogP contribution < -0.4 is 15.8 Å². The van der Waals surface area contributed by atoms with Gasteiger partial charge in [-0.05, 0) is 25.3 Å². The van der Waals surface area contributed by atoms with Gasteiger partial charge in [-0.25, -0.2) is 4.98 Å². The number of rotatable bonds is 7. The molecule has 0 saturated heterocycles. The van der Waals surface area contributed by atoms with Gasteiger partial charge >= 0.3 is 0 Å². The molecule has 2 aromatic heterocycles. The molecule has 3 rings (SSSR count). The highest BCUT2D eigenvalue weighted by Crippen LogP contribution is 2.19. The van der Waals surface area contributed by atoms with Crippen molar-refractivity contribution < 1.29 is 4.79 Å². The van der Waals surface area contributed by atoms with E-state index in [1.54, 1.807) is 18.9 Å². The molecule has 7 nitrogen and oxygen atoms in total. The van der Waals surface area contributed by atoms with Gasteiger partial charge in [-0.15, -0.1) is 5.10 Å². The molecule has 8 heteroatoms. The van der Waals surface area contributed by atoms with Crippen molar-refractivity contribution in [2.75, 3.05) is 25.0 Å². The van der Waals surface area contributed by atoms with Crippen molar-refractivity contribution in [3.05, 3.63) is 58.0 Å². The average molecular weight is 371 g/mol. The Labute approximate surface area is 155 Å². The largest absolute Gasteiger partial charge is 0.355 e. The van der Waals surface area contributed by atoms with Crippen LogP contribution in [0.2, 0.25) is 0 Å². The maximum Gasteiger partial charge on any atom is 0.275 e. The fourth-order valence-corrected chi connectivity index (χ4v) is 3.48. The topological polar surface area (TPSA) is 79.6 Å². The lowest BCUT2D eigenvalue weighted by Crippen LogP contribution is -2.35. The number of likely N-dealkylation sites (N-methyl/N-ethyl adjacent to an activating group) is 1. The third kappa shape index (κ3) is 4.45. The summed E-state index contributed by atoms with van der Waals surface area (Å²) in [4.78, 5) is 30.6. The molecule has 0 bridgehead atoms. The molecule has 1 N–H and O–H groups in total. The molecule has 1 aromatic carbocycles. The predicted octanol–water partition coefficient (Wildman–Crippen LogP) is 1.64. The normalized spacial score (nSPS) is 10.8. The van der Waals surface area contributed by atoms with E-state index < -0.39 is 0 Å². The summed E-state index contributed by atoms with van der Waals surface area (Å²) in [7, 11) is 1.78. The van der Waals surface area contributed by atoms with Gasteiger partial charge in [0.2, 0.25) is 16.0 Å². The molecule has 1 amide bonds. The quantitative estimate of drug-likeness (QED) is 0.639. The molecule has 0 spiro atoms. The summed E-state index contributed by atoms with van der Waals surface area (Å²) in [6, 6.07) is 11.6. The number of hydrogen-bond acceptors (Lipinski definition) is 6. The highest BCUT2D eigenvalue weighted by atomic mass is 32.1. The number of nitrogens with one attached hydrogen (secondary N) is 1. The lowest BCUT2D eigenvalue weighted by Gasteiger charge is -2.14. The van der Waals surface area contributed by atoms with Crippen LogP contribution in [0.4, 0.5) is 5.13 Å². The van der Waals surface area contributed by atoms with Crippen LogP contribution in [0.5, 0.6) is 0 Å². The molecule has 0 aliphatic rings. The molecule has 0 saturated carbocycles. The van der Waals surface area contributed by atoms with Gasteiger partial charge in [0, 0.05) is 25.4 Å². The van der Waals surface area contributed by atoms with Gasteiger partial charge in [-0.3, -0.25) is 9.59 Å². The Morgan fingerprint density at radius 3 is 2.85 bits per heavy atom. The van der Waals surface area contributed by atoms with Crippen molar-refractivity contribution in [2.24, 2.45) is 0 Å². The van der Waals surface area contributed by atoms with Gasteiger partial charge in [0.1, 0.15) is 0 Å². The van der Waals surface area contributed by atoms with E-state index in [0.29, 0.717) is 22.3 Å². The summed E-state index contributed by atoms with van der Waals surface area (Å²) >= 11 is 1.29. The molecule has 136 valence electrons. The fourth-order valence-electron chi connectivity index (χ4n) is 2.57. The number of anilines is 1. The number of carbonyl (C=O) groups excluding carboxylic acids is 1. The van der Waals surface area contributed by atoms with Crippen LogP contribution in [0.15, 0.2) is 41.2 Å². The van der Waals surface area contributed by atoms with Crippen molar-refractivity contribution in [1.29, 1.82) is 0 Å². The molecule has 26 heavy (non-hydrogen) atoms. The monoisotopic (exact) mass is 371 g/mol. The molecule has 0 aliphatic carbocycles. The van der Waals surface area contributed by atoms with Gasteiger partial charge in [0.15, 0.2) is 0 Å². The Kier molecular flexibility index (Phi) is 5.62. The predicted molar refractivity (Wildman–Crippen MR) is 103 cm³/mol. The number of aryl methyl sites for hydroxylation is 2. The third-order valence-corrected chi connectivity index (χ3v) is 4.90. The summed E-state index contributed by atoms with van der Waals surface area (Å²) in [5.41, 5.74) is 1.71. The number of nitrogens with zero attached hydrogens (tertiary/aromatic N) is 4. The number of amides is 1. The molecule has 0 fully saturated rings. The Hall–Kier alpha value is -2.74. The van der Waals surface area contributed by atoms with E-state index in [4.69, 9.17) is 0 Å². The summed E-state index contributed by atoms with van der Waals surface area (Å²) in [5, 5.41) is 7.75. The van der Waals surface area contributed by atoms with Crippen LogP contribution >= 0.6 is 11.3 Å². The Balaban J connectivity index is 1.51. The zero-order chi connectivity index (χ0) is 18.5. The van der Waals surface area contributed by atoms with Crippen molar-refractivity contribution in [3.63, 3.8) is 0 Å². The van der Waals surface area contributed by atoms with Gasteiger partial charge in [0.05, 0.1) is 6.54 Å². The van der Waals surface area contributed by atoms with E-state index in [-0.39, 0.29) is 18.0 Å². The second-order valence-electron chi connectivity index (χ2n) is 6.11. The number of aromatic nitrogens is 3. The lowest BCUT2D eigenvalue weighted by atomic mass is 10.1. The van der Waals surface area contributed by atoms with Crippen LogP contribution in [-0.4, -0.2) is 40.6 Å². The Morgan fingerprint density at radius 1 is 1.31 bits per heavy atom. The standard InChI is InChI=1S/C18H21N5O2S/c1-13-11-16(25)23-17(20-13)26-18(21-23)22(2)12-15(24)19-10-6-9-14-7-4-3-5-8-14/h3-5,7-8,11H,6,9-10,12H2,1-2H3,(H,19,24). The first-order valence-electron chi connectivity index (χ1n) is 8.42. The summed E-state index contributed by atoms with van der Waals surface area (Å²) in [6.07, 6.45) is 1.82. The summed E-state index contributed by atoms with van der Waals surface area (Å²) < 4.78 is 1.27. The second kappa shape index (κ2) is 8.09. The van der Waals surface area contributed by atoms with Crippen molar-refractivity contribution in [2.45, 2.75) is 19.8 Å². The minimum Gasteiger partial charge on any atom is -0.355 e. The summed E-state index contributed by atoms with van der Waals surface area (Å²) in [5.74, 6) is -0.0729. The van der Waals surface area contributed by atoms with E-state index in [2.05, 4.69) is 27.5 Å². The van der Waals surface area contributed by atoms with Gasteiger partial charge in [0.25, 0.3) is 5.56 Å². The third-order valence-electron chi connectivity index (χ3n) is 3.88. The maximum absolute atomic E-state index is 12.1. The zero-order valence-corrected chi connectivity index (χ0v) is 15.6. The molecule has 0 atom stereocenters. The molecule has 0 radical (unpaired) electrons. The first-order chi connectivity index (χ1) is 12.5. The average Bonchev–Trinajstić information content (AvgIpc) is 3.04. The summed E-state index contributed by atoms with van der Waals surface area (Å²) in [6.45, 7) is 2.58. The number of carbonyl (C=O) groups is 1. The number of hydrogen-bond donors (Lipinski definition) is 1. The molecule has 2 heterocycles. The first kappa shape index (κ1) is 18.1. The van der Waals surface area contributed by atoms with Crippen molar-refractivity contribution in [1.82, 2.24) is 19.9 Å². The number of fused-ring (bicyclic) bond motifs is 1. The Morgan fingerprint density at radius 2 is 2.08 bits per heavy atom. The van der Waals surface area contributed by atoms with Crippen molar-refractivity contribution in [3.8, 4) is 0 Å². The van der Waals surface area contributed by atoms with Gasteiger partial charge in [-0.1, -0.05) is 41.7 Å². The van der Waals surface area contributed by atoms with E-state index in [9.17, 15) is 9.59 Å². The highest BCUT2D eigenvalue weighted by Gasteiger charge is 2.13. The lowest BCUT2D eigenvalue weighted by molar-refractivity contribution is -0.119. The van der Waals surface area contributed by atoms with Gasteiger partial charge < -0.3 is 10.2 Å². The minimum atomic E-state index is -0.214. The Bertz CT molecular complexity index is 951. The van der Waals surface area contributed by atoms with Crippen LogP contribution in [0.3, 0.4) is 0 Å². The number of benzene rings is 1. The zero-order valence-electron chi connectivity index (χ0n) is 14.8. The van der Waals surface area contributed by atoms with Crippen LogP contribution in [-0.2, 0) is 11.2 Å². The van der Waals surface area contributed by atoms with Crippen LogP contribution in [0.1, 0.15) is 17.7 Å². The molecular formula is C18H21N5O2S. The minimum absolute atomic E-state index is 0.0729. The van der Waals surface area contributed by atoms with Gasteiger partial charge in [-0.2, -0.15) is 4.52 Å². The second-order valence-corrected chi connectivity index (χ2v) is 7.04. The van der Waals surface area contributed by atoms with Crippen molar-refractivity contribution >= 4 is 27.3 Å². The van der Waals surface area contributed by atoms with E-state index in [1.165, 1.54) is 27.5 Å². The first-order valence-corrected chi connectivity index (χ1v) is 9.24. The van der Waals surface area contributed by atoms with E-state index in [0.717, 1.165) is 12.8 Å². The molecule has 0 aliphatic heterocycles. The molecule has 3 aromatic rings. The van der Waals surface area contributed by atoms with Crippen LogP contribution in [0, 0.1) is 6.92 Å². The van der Waals surface area contributed by atoms with E-state index >= 15 is 0 Å². The molecular weight excluding hydrogens is 350 g/mol. The van der Waals surface area contributed by atoms with Crippen LogP contribution in [0.25, 0.3) is 4.96 Å².